The number of aliphatic hydroxyl groups is 1. The molecule has 24 heavy (non-hydrogen) atoms. The van der Waals surface area contributed by atoms with Gasteiger partial charge in [-0.1, -0.05) is 49.4 Å². The van der Waals surface area contributed by atoms with Crippen molar-refractivity contribution in [2.24, 2.45) is 5.92 Å². The maximum Gasteiger partial charge on any atom is 0.162 e. The van der Waals surface area contributed by atoms with Crippen molar-refractivity contribution in [1.82, 2.24) is 4.90 Å². The van der Waals surface area contributed by atoms with Gasteiger partial charge in [-0.25, -0.2) is 0 Å². The zero-order chi connectivity index (χ0) is 17.4. The van der Waals surface area contributed by atoms with Gasteiger partial charge in [-0.15, -0.1) is 0 Å². The number of hydrogen-bond acceptors (Lipinski definition) is 4. The molecular formula is C20H27NO3. The molecule has 0 saturated heterocycles. The first-order valence-electron chi connectivity index (χ1n) is 8.44. The third kappa shape index (κ3) is 5.25. The predicted octanol–water partition coefficient (Wildman–Crippen LogP) is 3.42. The summed E-state index contributed by atoms with van der Waals surface area (Å²) in [5.41, 5.74) is 2.05. The highest BCUT2D eigenvalue weighted by atomic mass is 16.5. The Kier molecular flexibility index (Phi) is 7.09. The predicted molar refractivity (Wildman–Crippen MR) is 96.1 cm³/mol. The van der Waals surface area contributed by atoms with Crippen LogP contribution in [0.3, 0.4) is 0 Å². The molecule has 0 fully saturated rings. The summed E-state index contributed by atoms with van der Waals surface area (Å²) in [5, 5.41) is 19.8. The zero-order valence-corrected chi connectivity index (χ0v) is 14.5. The number of benzene rings is 2. The number of ether oxygens (including phenoxy) is 1. The first-order valence-corrected chi connectivity index (χ1v) is 8.44. The van der Waals surface area contributed by atoms with Crippen LogP contribution in [0.2, 0.25) is 0 Å². The third-order valence-electron chi connectivity index (χ3n) is 3.91. The maximum atomic E-state index is 10.4. The average Bonchev–Trinajstić information content (AvgIpc) is 2.59. The fourth-order valence-electron chi connectivity index (χ4n) is 2.73. The minimum Gasteiger partial charge on any atom is -0.504 e. The van der Waals surface area contributed by atoms with Gasteiger partial charge in [0.25, 0.3) is 0 Å². The van der Waals surface area contributed by atoms with Crippen molar-refractivity contribution in [2.45, 2.75) is 26.9 Å². The Bertz CT molecular complexity index is 616. The molecule has 0 aliphatic heterocycles. The SMILES string of the molecule is CCOc1cccc(CN(Cc2ccccc2)CC(C)CO)c1O. The normalized spacial score (nSPS) is 12.3. The van der Waals surface area contributed by atoms with Crippen LogP contribution >= 0.6 is 0 Å². The molecule has 0 heterocycles. The van der Waals surface area contributed by atoms with E-state index in [2.05, 4.69) is 17.0 Å². The molecule has 2 rings (SSSR count). The second-order valence-corrected chi connectivity index (χ2v) is 6.14. The quantitative estimate of drug-likeness (QED) is 0.740. The van der Waals surface area contributed by atoms with E-state index in [9.17, 15) is 10.2 Å². The molecule has 0 aromatic heterocycles. The molecule has 4 nitrogen and oxygen atoms in total. The molecular weight excluding hydrogens is 302 g/mol. The molecule has 0 spiro atoms. The molecule has 0 aliphatic rings. The summed E-state index contributed by atoms with van der Waals surface area (Å²) in [7, 11) is 0. The van der Waals surface area contributed by atoms with Gasteiger partial charge < -0.3 is 14.9 Å². The second-order valence-electron chi connectivity index (χ2n) is 6.14. The minimum absolute atomic E-state index is 0.149. The van der Waals surface area contributed by atoms with Crippen LogP contribution in [0.25, 0.3) is 0 Å². The minimum atomic E-state index is 0.149. The van der Waals surface area contributed by atoms with Gasteiger partial charge in [0.15, 0.2) is 11.5 Å². The highest BCUT2D eigenvalue weighted by molar-refractivity contribution is 5.45. The molecule has 1 unspecified atom stereocenters. The van der Waals surface area contributed by atoms with Crippen LogP contribution in [0.1, 0.15) is 25.0 Å². The summed E-state index contributed by atoms with van der Waals surface area (Å²) in [6.07, 6.45) is 0. The zero-order valence-electron chi connectivity index (χ0n) is 14.5. The molecule has 1 atom stereocenters. The number of hydrogen-bond donors (Lipinski definition) is 2. The van der Waals surface area contributed by atoms with Gasteiger partial charge in [-0.3, -0.25) is 4.90 Å². The Morgan fingerprint density at radius 2 is 1.79 bits per heavy atom. The highest BCUT2D eigenvalue weighted by Gasteiger charge is 2.15. The number of para-hydroxylation sites is 1. The number of nitrogens with zero attached hydrogens (tertiary/aromatic N) is 1. The van der Waals surface area contributed by atoms with Gasteiger partial charge in [-0.05, 0) is 24.5 Å². The van der Waals surface area contributed by atoms with E-state index in [1.54, 1.807) is 6.07 Å². The molecule has 0 aliphatic carbocycles. The fraction of sp³-hybridized carbons (Fsp3) is 0.400. The fourth-order valence-corrected chi connectivity index (χ4v) is 2.73. The number of rotatable bonds is 9. The van der Waals surface area contributed by atoms with Crippen LogP contribution < -0.4 is 4.74 Å². The molecule has 4 heteroatoms. The van der Waals surface area contributed by atoms with Crippen LogP contribution in [0.4, 0.5) is 0 Å². The standard InChI is InChI=1S/C20H27NO3/c1-3-24-19-11-7-10-18(20(19)23)14-21(12-16(2)15-22)13-17-8-5-4-6-9-17/h4-11,16,22-23H,3,12-15H2,1-2H3. The van der Waals surface area contributed by atoms with Crippen molar-refractivity contribution in [3.63, 3.8) is 0 Å². The van der Waals surface area contributed by atoms with Gasteiger partial charge >= 0.3 is 0 Å². The summed E-state index contributed by atoms with van der Waals surface area (Å²) in [4.78, 5) is 2.24. The van der Waals surface area contributed by atoms with Gasteiger partial charge in [0.2, 0.25) is 0 Å². The molecule has 2 N–H and O–H groups in total. The number of aromatic hydroxyl groups is 1. The summed E-state index contributed by atoms with van der Waals surface area (Å²) >= 11 is 0. The monoisotopic (exact) mass is 329 g/mol. The average molecular weight is 329 g/mol. The van der Waals surface area contributed by atoms with Crippen LogP contribution in [0.15, 0.2) is 48.5 Å². The van der Waals surface area contributed by atoms with Gasteiger partial charge in [-0.2, -0.15) is 0 Å². The molecule has 0 amide bonds. The van der Waals surface area contributed by atoms with Crippen molar-refractivity contribution in [2.75, 3.05) is 19.8 Å². The van der Waals surface area contributed by atoms with Gasteiger partial charge in [0.1, 0.15) is 0 Å². The summed E-state index contributed by atoms with van der Waals surface area (Å²) in [6.45, 7) is 6.72. The Labute approximate surface area is 144 Å². The number of phenolic OH excluding ortho intramolecular Hbond substituents is 1. The van der Waals surface area contributed by atoms with E-state index in [4.69, 9.17) is 4.74 Å². The van der Waals surface area contributed by atoms with Crippen molar-refractivity contribution in [3.8, 4) is 11.5 Å². The Hall–Kier alpha value is -2.04. The Morgan fingerprint density at radius 3 is 2.46 bits per heavy atom. The number of phenols is 1. The van der Waals surface area contributed by atoms with Crippen molar-refractivity contribution in [1.29, 1.82) is 0 Å². The summed E-state index contributed by atoms with van der Waals surface area (Å²) < 4.78 is 5.47. The molecule has 2 aromatic carbocycles. The van der Waals surface area contributed by atoms with Crippen LogP contribution in [-0.4, -0.2) is 34.9 Å². The van der Waals surface area contributed by atoms with Crippen LogP contribution in [-0.2, 0) is 13.1 Å². The first-order chi connectivity index (χ1) is 11.6. The first kappa shape index (κ1) is 18.3. The van der Waals surface area contributed by atoms with E-state index in [1.165, 1.54) is 5.56 Å². The molecule has 0 radical (unpaired) electrons. The molecule has 0 bridgehead atoms. The largest absolute Gasteiger partial charge is 0.504 e. The smallest absolute Gasteiger partial charge is 0.162 e. The lowest BCUT2D eigenvalue weighted by molar-refractivity contribution is 0.162. The molecule has 2 aromatic rings. The lowest BCUT2D eigenvalue weighted by Crippen LogP contribution is -2.29. The van der Waals surface area contributed by atoms with Crippen molar-refractivity contribution >= 4 is 0 Å². The summed E-state index contributed by atoms with van der Waals surface area (Å²) in [5.74, 6) is 0.893. The topological polar surface area (TPSA) is 52.9 Å². The lowest BCUT2D eigenvalue weighted by Gasteiger charge is -2.26. The number of aliphatic hydroxyl groups excluding tert-OH is 1. The molecule has 0 saturated carbocycles. The Morgan fingerprint density at radius 1 is 1.04 bits per heavy atom. The summed E-state index contributed by atoms with van der Waals surface area (Å²) in [6, 6.07) is 15.8. The van der Waals surface area contributed by atoms with Crippen molar-refractivity contribution < 1.29 is 14.9 Å². The molecule has 130 valence electrons. The second kappa shape index (κ2) is 9.30. The highest BCUT2D eigenvalue weighted by Crippen LogP contribution is 2.31. The maximum absolute atomic E-state index is 10.4. The lowest BCUT2D eigenvalue weighted by atomic mass is 10.1. The van der Waals surface area contributed by atoms with E-state index < -0.39 is 0 Å². The Balaban J connectivity index is 2.16. The third-order valence-corrected chi connectivity index (χ3v) is 3.91. The van der Waals surface area contributed by atoms with Crippen LogP contribution in [0, 0.1) is 5.92 Å². The van der Waals surface area contributed by atoms with Crippen LogP contribution in [0.5, 0.6) is 11.5 Å². The van der Waals surface area contributed by atoms with E-state index in [1.807, 2.05) is 44.2 Å². The van der Waals surface area contributed by atoms with Gasteiger partial charge in [0.05, 0.1) is 6.61 Å². The van der Waals surface area contributed by atoms with E-state index in [0.717, 1.165) is 18.7 Å². The van der Waals surface area contributed by atoms with Crippen molar-refractivity contribution in [3.05, 3.63) is 59.7 Å². The van der Waals surface area contributed by atoms with E-state index in [-0.39, 0.29) is 18.3 Å². The van der Waals surface area contributed by atoms with E-state index in [0.29, 0.717) is 18.9 Å². The van der Waals surface area contributed by atoms with E-state index >= 15 is 0 Å². The van der Waals surface area contributed by atoms with Gasteiger partial charge in [0, 0.05) is 31.8 Å².